The molecular weight excluding hydrogens is 336 g/mol. The Labute approximate surface area is 164 Å². The third-order valence-corrected chi connectivity index (χ3v) is 4.01. The smallest absolute Gasteiger partial charge is 0.124 e. The molecule has 2 atom stereocenters. The maximum absolute atomic E-state index is 9.03. The predicted octanol–water partition coefficient (Wildman–Crippen LogP) is 5.75. The SMILES string of the molecule is C/C=C/[C@@H](Oc1ccccc1)C(C)C.CC(C)[C@@H](CO)Oc1ccccc1. The minimum atomic E-state index is -0.109. The molecule has 27 heavy (non-hydrogen) atoms. The van der Waals surface area contributed by atoms with Crippen LogP contribution in [-0.2, 0) is 0 Å². The van der Waals surface area contributed by atoms with Crippen LogP contribution in [-0.4, -0.2) is 23.9 Å². The van der Waals surface area contributed by atoms with Crippen LogP contribution < -0.4 is 9.47 Å². The lowest BCUT2D eigenvalue weighted by Crippen LogP contribution is -2.26. The van der Waals surface area contributed by atoms with Gasteiger partial charge in [0.05, 0.1) is 6.61 Å². The number of allylic oxidation sites excluding steroid dienone is 1. The molecule has 1 N–H and O–H groups in total. The van der Waals surface area contributed by atoms with Crippen molar-refractivity contribution in [2.24, 2.45) is 11.8 Å². The lowest BCUT2D eigenvalue weighted by atomic mass is 10.1. The first-order chi connectivity index (χ1) is 13.0. The van der Waals surface area contributed by atoms with Crippen LogP contribution in [0.5, 0.6) is 11.5 Å². The summed E-state index contributed by atoms with van der Waals surface area (Å²) in [5.74, 6) is 2.57. The molecule has 0 bridgehead atoms. The molecule has 2 aromatic rings. The topological polar surface area (TPSA) is 38.7 Å². The van der Waals surface area contributed by atoms with Crippen LogP contribution in [0.25, 0.3) is 0 Å². The second-order valence-corrected chi connectivity index (χ2v) is 7.06. The maximum Gasteiger partial charge on any atom is 0.124 e. The Bertz CT molecular complexity index is 621. The first-order valence-electron chi connectivity index (χ1n) is 9.65. The Balaban J connectivity index is 0.000000271. The molecule has 0 amide bonds. The molecule has 0 saturated carbocycles. The molecule has 0 aromatic heterocycles. The van der Waals surface area contributed by atoms with Crippen LogP contribution in [0, 0.1) is 11.8 Å². The van der Waals surface area contributed by atoms with Crippen LogP contribution >= 0.6 is 0 Å². The summed E-state index contributed by atoms with van der Waals surface area (Å²) in [7, 11) is 0. The van der Waals surface area contributed by atoms with Gasteiger partial charge in [0.2, 0.25) is 0 Å². The van der Waals surface area contributed by atoms with Crippen molar-refractivity contribution in [3.63, 3.8) is 0 Å². The maximum atomic E-state index is 9.03. The quantitative estimate of drug-likeness (QED) is 0.601. The summed E-state index contributed by atoms with van der Waals surface area (Å²) < 4.78 is 11.4. The van der Waals surface area contributed by atoms with E-state index in [9.17, 15) is 0 Å². The van der Waals surface area contributed by atoms with Crippen LogP contribution in [0.15, 0.2) is 72.8 Å². The minimum absolute atomic E-state index is 0.0621. The van der Waals surface area contributed by atoms with Crippen LogP contribution in [0.2, 0.25) is 0 Å². The molecule has 0 heterocycles. The molecule has 0 aliphatic heterocycles. The number of aliphatic hydroxyl groups is 1. The van der Waals surface area contributed by atoms with Gasteiger partial charge in [-0.25, -0.2) is 0 Å². The van der Waals surface area contributed by atoms with E-state index >= 15 is 0 Å². The average molecular weight is 371 g/mol. The lowest BCUT2D eigenvalue weighted by Gasteiger charge is -2.20. The number of benzene rings is 2. The lowest BCUT2D eigenvalue weighted by molar-refractivity contribution is 0.0801. The summed E-state index contributed by atoms with van der Waals surface area (Å²) in [4.78, 5) is 0. The largest absolute Gasteiger partial charge is 0.488 e. The highest BCUT2D eigenvalue weighted by Gasteiger charge is 2.13. The van der Waals surface area contributed by atoms with Crippen molar-refractivity contribution >= 4 is 0 Å². The van der Waals surface area contributed by atoms with Crippen molar-refractivity contribution in [3.05, 3.63) is 72.8 Å². The normalized spacial score (nSPS) is 13.2. The van der Waals surface area contributed by atoms with Gasteiger partial charge in [-0.3, -0.25) is 0 Å². The number of hydrogen-bond acceptors (Lipinski definition) is 3. The van der Waals surface area contributed by atoms with Gasteiger partial charge in [0, 0.05) is 0 Å². The fourth-order valence-electron chi connectivity index (χ4n) is 2.30. The summed E-state index contributed by atoms with van der Waals surface area (Å²) in [6, 6.07) is 19.5. The standard InChI is InChI=1S/C13H18O.C11H16O2/c1-4-8-13(11(2)3)14-12-9-6-5-7-10-12;1-9(2)11(8-12)13-10-6-4-3-5-7-10/h4-11,13H,1-3H3;3-7,9,11-12H,8H2,1-2H3/b8-4+;/t13-;11-/m11/s1. The Morgan fingerprint density at radius 1 is 0.778 bits per heavy atom. The molecule has 2 rings (SSSR count). The van der Waals surface area contributed by atoms with Crippen molar-refractivity contribution < 1.29 is 14.6 Å². The number of rotatable bonds is 8. The van der Waals surface area contributed by atoms with E-state index in [1.54, 1.807) is 0 Å². The second-order valence-electron chi connectivity index (χ2n) is 7.06. The molecule has 0 aliphatic carbocycles. The molecule has 0 radical (unpaired) electrons. The van der Waals surface area contributed by atoms with E-state index in [2.05, 4.69) is 19.9 Å². The predicted molar refractivity (Wildman–Crippen MR) is 113 cm³/mol. The molecule has 0 unspecified atom stereocenters. The van der Waals surface area contributed by atoms with Gasteiger partial charge in [0.15, 0.2) is 0 Å². The van der Waals surface area contributed by atoms with E-state index in [0.717, 1.165) is 11.5 Å². The minimum Gasteiger partial charge on any atom is -0.488 e. The molecule has 3 heteroatoms. The number of hydrogen-bond donors (Lipinski definition) is 1. The van der Waals surface area contributed by atoms with Gasteiger partial charge in [-0.05, 0) is 49.1 Å². The van der Waals surface area contributed by atoms with Crippen molar-refractivity contribution in [2.45, 2.75) is 46.8 Å². The Morgan fingerprint density at radius 3 is 1.63 bits per heavy atom. The Morgan fingerprint density at radius 2 is 1.26 bits per heavy atom. The summed E-state index contributed by atoms with van der Waals surface area (Å²) in [6.07, 6.45) is 4.19. The van der Waals surface area contributed by atoms with E-state index in [0.29, 0.717) is 11.8 Å². The molecule has 3 nitrogen and oxygen atoms in total. The zero-order chi connectivity index (χ0) is 20.1. The van der Waals surface area contributed by atoms with Gasteiger partial charge in [-0.15, -0.1) is 0 Å². The van der Waals surface area contributed by atoms with Crippen molar-refractivity contribution in [1.29, 1.82) is 0 Å². The number of ether oxygens (including phenoxy) is 2. The molecule has 0 spiro atoms. The third-order valence-electron chi connectivity index (χ3n) is 4.01. The van der Waals surface area contributed by atoms with E-state index in [-0.39, 0.29) is 18.8 Å². The fraction of sp³-hybridized carbons (Fsp3) is 0.417. The van der Waals surface area contributed by atoms with Gasteiger partial charge >= 0.3 is 0 Å². The molecule has 148 valence electrons. The molecule has 0 saturated heterocycles. The number of para-hydroxylation sites is 2. The van der Waals surface area contributed by atoms with E-state index in [4.69, 9.17) is 14.6 Å². The molecule has 2 aromatic carbocycles. The van der Waals surface area contributed by atoms with E-state index < -0.39 is 0 Å². The summed E-state index contributed by atoms with van der Waals surface area (Å²) in [5, 5.41) is 9.03. The van der Waals surface area contributed by atoms with Gasteiger partial charge in [-0.1, -0.05) is 70.2 Å². The van der Waals surface area contributed by atoms with E-state index in [1.165, 1.54) is 0 Å². The van der Waals surface area contributed by atoms with Crippen molar-refractivity contribution in [1.82, 2.24) is 0 Å². The van der Waals surface area contributed by atoms with Gasteiger partial charge in [0.25, 0.3) is 0 Å². The van der Waals surface area contributed by atoms with Gasteiger partial charge in [0.1, 0.15) is 23.7 Å². The Kier molecular flexibility index (Phi) is 11.0. The van der Waals surface area contributed by atoms with Crippen molar-refractivity contribution in [2.75, 3.05) is 6.61 Å². The summed E-state index contributed by atoms with van der Waals surface area (Å²) >= 11 is 0. The zero-order valence-corrected chi connectivity index (χ0v) is 17.2. The van der Waals surface area contributed by atoms with Crippen LogP contribution in [0.3, 0.4) is 0 Å². The summed E-state index contributed by atoms with van der Waals surface area (Å²) in [6.45, 7) is 10.5. The zero-order valence-electron chi connectivity index (χ0n) is 17.2. The second kappa shape index (κ2) is 13.0. The fourth-order valence-corrected chi connectivity index (χ4v) is 2.30. The Hall–Kier alpha value is -2.26. The molecule has 0 fully saturated rings. The highest BCUT2D eigenvalue weighted by atomic mass is 16.5. The van der Waals surface area contributed by atoms with Crippen LogP contribution in [0.1, 0.15) is 34.6 Å². The number of aliphatic hydroxyl groups excluding tert-OH is 1. The highest BCUT2D eigenvalue weighted by Crippen LogP contribution is 2.16. The molecule has 0 aliphatic rings. The average Bonchev–Trinajstić information content (AvgIpc) is 2.67. The third kappa shape index (κ3) is 9.30. The first kappa shape index (κ1) is 22.8. The van der Waals surface area contributed by atoms with Gasteiger partial charge < -0.3 is 14.6 Å². The van der Waals surface area contributed by atoms with Crippen LogP contribution in [0.4, 0.5) is 0 Å². The first-order valence-corrected chi connectivity index (χ1v) is 9.65. The molecular formula is C24H34O3. The monoisotopic (exact) mass is 370 g/mol. The summed E-state index contributed by atoms with van der Waals surface area (Å²) in [5.41, 5.74) is 0. The van der Waals surface area contributed by atoms with Crippen molar-refractivity contribution in [3.8, 4) is 11.5 Å². The van der Waals surface area contributed by atoms with Gasteiger partial charge in [-0.2, -0.15) is 0 Å². The van der Waals surface area contributed by atoms with E-state index in [1.807, 2.05) is 87.5 Å². The highest BCUT2D eigenvalue weighted by molar-refractivity contribution is 5.22.